The van der Waals surface area contributed by atoms with Crippen LogP contribution in [-0.4, -0.2) is 119 Å². The number of imide groups is 1. The van der Waals surface area contributed by atoms with Gasteiger partial charge in [0.1, 0.15) is 34.9 Å². The van der Waals surface area contributed by atoms with Gasteiger partial charge in [0.2, 0.25) is 27.8 Å². The minimum Gasteiger partial charge on any atom is -0.497 e. The van der Waals surface area contributed by atoms with Crippen LogP contribution in [0, 0.1) is 0 Å². The summed E-state index contributed by atoms with van der Waals surface area (Å²) in [5.41, 5.74) is 4.98. The van der Waals surface area contributed by atoms with Gasteiger partial charge in [0.05, 0.1) is 50.3 Å². The number of hydrogen-bond acceptors (Lipinski definition) is 14. The number of nitrogens with one attached hydrogen (secondary N) is 3. The zero-order valence-corrected chi connectivity index (χ0v) is 37.2. The molecule has 1 aromatic heterocycles. The maximum atomic E-state index is 13.2. The lowest BCUT2D eigenvalue weighted by atomic mass is 10.0. The highest BCUT2D eigenvalue weighted by Gasteiger charge is 2.40. The Hall–Kier alpha value is -5.85. The number of carbonyl (C=O) groups is 3. The quantitative estimate of drug-likeness (QED) is 0.123. The van der Waals surface area contributed by atoms with Crippen molar-refractivity contribution in [2.45, 2.75) is 57.7 Å². The van der Waals surface area contributed by atoms with E-state index < -0.39 is 22.0 Å². The number of benzene rings is 3. The highest BCUT2D eigenvalue weighted by molar-refractivity contribution is 7.92. The van der Waals surface area contributed by atoms with Crippen molar-refractivity contribution in [2.75, 3.05) is 80.7 Å². The average Bonchev–Trinajstić information content (AvgIpc) is 3.60. The van der Waals surface area contributed by atoms with E-state index in [4.69, 9.17) is 25.8 Å². The summed E-state index contributed by atoms with van der Waals surface area (Å²) in [6, 6.07) is 14.2. The van der Waals surface area contributed by atoms with Crippen LogP contribution in [0.1, 0.15) is 54.1 Å². The van der Waals surface area contributed by atoms with Crippen LogP contribution in [0.4, 0.5) is 34.5 Å². The second kappa shape index (κ2) is 18.6. The molecule has 3 N–H and O–H groups in total. The fourth-order valence-electron chi connectivity index (χ4n) is 8.13. The Balaban J connectivity index is 0.969. The number of fused-ring (bicyclic) bond motifs is 1. The molecule has 0 aliphatic carbocycles. The number of piperidine rings is 2. The lowest BCUT2D eigenvalue weighted by Gasteiger charge is -2.38. The van der Waals surface area contributed by atoms with Gasteiger partial charge in [-0.1, -0.05) is 24.6 Å². The van der Waals surface area contributed by atoms with Gasteiger partial charge in [0.15, 0.2) is 5.82 Å². The Morgan fingerprint density at radius 1 is 0.968 bits per heavy atom. The Morgan fingerprint density at radius 3 is 2.44 bits per heavy atom. The first-order chi connectivity index (χ1) is 29.7. The topological polar surface area (TPSA) is 188 Å². The minimum atomic E-state index is -3.60. The molecule has 3 aliphatic rings. The fourth-order valence-corrected chi connectivity index (χ4v) is 8.77. The van der Waals surface area contributed by atoms with E-state index in [1.807, 2.05) is 12.1 Å². The van der Waals surface area contributed by atoms with Crippen molar-refractivity contribution in [3.63, 3.8) is 0 Å². The van der Waals surface area contributed by atoms with E-state index >= 15 is 0 Å². The lowest BCUT2D eigenvalue weighted by molar-refractivity contribution is -0.136. The number of sulfonamides is 1. The summed E-state index contributed by atoms with van der Waals surface area (Å²) < 4.78 is 43.5. The summed E-state index contributed by atoms with van der Waals surface area (Å²) >= 11 is 6.54. The van der Waals surface area contributed by atoms with Gasteiger partial charge < -0.3 is 34.6 Å². The summed E-state index contributed by atoms with van der Waals surface area (Å²) in [6.45, 7) is 5.20. The average molecular weight is 890 g/mol. The van der Waals surface area contributed by atoms with Crippen LogP contribution in [0.3, 0.4) is 0 Å². The highest BCUT2D eigenvalue weighted by Crippen LogP contribution is 2.39. The molecule has 7 rings (SSSR count). The third kappa shape index (κ3) is 9.46. The van der Waals surface area contributed by atoms with Crippen molar-refractivity contribution in [1.29, 1.82) is 0 Å². The molecule has 1 unspecified atom stereocenters. The number of hydrogen-bond donors (Lipinski definition) is 3. The van der Waals surface area contributed by atoms with E-state index in [1.54, 1.807) is 37.4 Å². The number of anilines is 6. The molecular weight excluding hydrogens is 838 g/mol. The molecule has 0 bridgehead atoms. The predicted molar refractivity (Wildman–Crippen MR) is 238 cm³/mol. The Morgan fingerprint density at radius 2 is 1.74 bits per heavy atom. The van der Waals surface area contributed by atoms with Crippen LogP contribution in [0.25, 0.3) is 0 Å². The lowest BCUT2D eigenvalue weighted by Crippen LogP contribution is -2.52. The number of aryl methyl sites for hydroxylation is 1. The van der Waals surface area contributed by atoms with Crippen molar-refractivity contribution in [3.05, 3.63) is 76.4 Å². The van der Waals surface area contributed by atoms with Crippen molar-refractivity contribution in [1.82, 2.24) is 25.1 Å². The second-order valence-corrected chi connectivity index (χ2v) is 17.9. The normalized spacial score (nSPS) is 16.9. The smallest absolute Gasteiger partial charge is 0.255 e. The number of carbonyl (C=O) groups excluding carboxylic acids is 3. The summed E-state index contributed by atoms with van der Waals surface area (Å²) in [4.78, 5) is 52.8. The fraction of sp³-hybridized carbons (Fsp3) is 0.419. The first-order valence-electron chi connectivity index (χ1n) is 20.4. The SMILES string of the molecule is CCc1cc(Nc2ncc(Cl)c(Nc3ccc(OC)cc3N(C)S(C)(=O)=O)n2)c(OC)cc1N1CCC(N(C)CCOc2cccc3c2CN(C2CCC(=O)NC2=O)C3=O)CC1. The molecule has 0 spiro atoms. The van der Waals surface area contributed by atoms with E-state index in [-0.39, 0.29) is 41.6 Å². The number of rotatable bonds is 16. The number of aromatic nitrogens is 2. The number of amides is 3. The van der Waals surface area contributed by atoms with E-state index in [1.165, 1.54) is 25.3 Å². The monoisotopic (exact) mass is 889 g/mol. The van der Waals surface area contributed by atoms with E-state index in [0.717, 1.165) is 59.7 Å². The molecule has 0 radical (unpaired) electrons. The predicted octanol–water partition coefficient (Wildman–Crippen LogP) is 5.33. The highest BCUT2D eigenvalue weighted by atomic mass is 35.5. The van der Waals surface area contributed by atoms with Gasteiger partial charge in [-0.05, 0) is 68.6 Å². The van der Waals surface area contributed by atoms with Crippen LogP contribution >= 0.6 is 11.6 Å². The van der Waals surface area contributed by atoms with Crippen LogP contribution < -0.4 is 39.4 Å². The maximum absolute atomic E-state index is 13.2. The van der Waals surface area contributed by atoms with Gasteiger partial charge in [-0.15, -0.1) is 0 Å². The Kier molecular flexibility index (Phi) is 13.3. The third-order valence-corrected chi connectivity index (χ3v) is 13.2. The summed E-state index contributed by atoms with van der Waals surface area (Å²) in [5, 5.41) is 9.04. The number of likely N-dealkylation sites (N-methyl/N-ethyl adjacent to an activating group) is 1. The van der Waals surface area contributed by atoms with Crippen molar-refractivity contribution >= 4 is 73.9 Å². The molecule has 4 aromatic rings. The van der Waals surface area contributed by atoms with Gasteiger partial charge in [-0.25, -0.2) is 13.4 Å². The number of nitrogens with zero attached hydrogens (tertiary/aromatic N) is 6. The van der Waals surface area contributed by atoms with Crippen LogP contribution in [0.2, 0.25) is 5.02 Å². The van der Waals surface area contributed by atoms with E-state index in [2.05, 4.69) is 55.8 Å². The van der Waals surface area contributed by atoms with Gasteiger partial charge in [0, 0.05) is 68.1 Å². The molecule has 62 heavy (non-hydrogen) atoms. The first-order valence-corrected chi connectivity index (χ1v) is 22.7. The van der Waals surface area contributed by atoms with Gasteiger partial charge in [0.25, 0.3) is 5.91 Å². The molecule has 3 aliphatic heterocycles. The first kappa shape index (κ1) is 44.2. The largest absolute Gasteiger partial charge is 0.497 e. The van der Waals surface area contributed by atoms with Crippen LogP contribution in [0.15, 0.2) is 54.7 Å². The molecule has 330 valence electrons. The minimum absolute atomic E-state index is 0.205. The number of methoxy groups -OCH3 is 2. The summed E-state index contributed by atoms with van der Waals surface area (Å²) in [6.07, 6.45) is 5.76. The summed E-state index contributed by atoms with van der Waals surface area (Å²) in [5.74, 6) is 1.28. The van der Waals surface area contributed by atoms with Gasteiger partial charge in [-0.2, -0.15) is 4.98 Å². The maximum Gasteiger partial charge on any atom is 0.255 e. The van der Waals surface area contributed by atoms with Crippen LogP contribution in [0.5, 0.6) is 17.2 Å². The zero-order valence-electron chi connectivity index (χ0n) is 35.7. The molecule has 17 nitrogen and oxygen atoms in total. The molecule has 2 fully saturated rings. The molecule has 2 saturated heterocycles. The molecule has 19 heteroatoms. The molecule has 0 saturated carbocycles. The van der Waals surface area contributed by atoms with Crippen molar-refractivity contribution < 1.29 is 37.0 Å². The van der Waals surface area contributed by atoms with Crippen molar-refractivity contribution in [2.24, 2.45) is 0 Å². The number of halogens is 1. The molecule has 3 amide bonds. The molecular formula is C43H52ClN9O8S. The molecule has 1 atom stereocenters. The standard InChI is InChI=1S/C43H52ClN9O8S/c1-7-26-21-33(47-43-45-24-31(44)40(49-43)46-32-12-11-28(59-4)22-36(32)51(3)62(6,57)58)38(60-5)23-35(26)52-17-15-27(16-18-52)50(2)19-20-61-37-10-8-9-29-30(37)25-53(42(29)56)34-13-14-39(54)48-41(34)55/h8-12,21-24,27,34H,7,13-20,25H2,1-6H3,(H,48,54,55)(H2,45,46,47,49). The number of ether oxygens (including phenoxy) is 3. The zero-order chi connectivity index (χ0) is 44.3. The van der Waals surface area contributed by atoms with E-state index in [0.29, 0.717) is 65.5 Å². The summed E-state index contributed by atoms with van der Waals surface area (Å²) in [7, 11) is 3.09. The van der Waals surface area contributed by atoms with Gasteiger partial charge >= 0.3 is 0 Å². The third-order valence-electron chi connectivity index (χ3n) is 11.7. The van der Waals surface area contributed by atoms with Crippen molar-refractivity contribution in [3.8, 4) is 17.2 Å². The van der Waals surface area contributed by atoms with E-state index in [9.17, 15) is 22.8 Å². The van der Waals surface area contributed by atoms with Gasteiger partial charge in [-0.3, -0.25) is 28.9 Å². The molecule has 4 heterocycles. The Bertz CT molecular complexity index is 2470. The second-order valence-electron chi connectivity index (χ2n) is 15.5. The van der Waals surface area contributed by atoms with Crippen LogP contribution in [-0.2, 0) is 32.6 Å². The molecule has 3 aromatic carbocycles. The Labute approximate surface area is 366 Å².